The molecule has 1 N–H and O–H groups in total. The van der Waals surface area contributed by atoms with Crippen LogP contribution in [0.5, 0.6) is 0 Å². The maximum Gasteiger partial charge on any atom is 0.325 e. The topological polar surface area (TPSA) is 59.2 Å². The van der Waals surface area contributed by atoms with Gasteiger partial charge in [-0.3, -0.25) is 9.00 Å². The van der Waals surface area contributed by atoms with E-state index in [1.165, 1.54) is 0 Å². The van der Waals surface area contributed by atoms with E-state index in [4.69, 9.17) is 4.74 Å². The van der Waals surface area contributed by atoms with Crippen LogP contribution in [0.3, 0.4) is 0 Å². The average Bonchev–Trinajstić information content (AvgIpc) is 2.79. The van der Waals surface area contributed by atoms with Crippen molar-refractivity contribution in [2.45, 2.75) is 49.9 Å². The minimum absolute atomic E-state index is 0.460. The minimum Gasteiger partial charge on any atom is -0.459 e. The molecule has 0 saturated carbocycles. The molecule has 0 aliphatic carbocycles. The standard InChI is InChI=1S/C16H21NO3S/c1-15(2,3)20-14(18)16(4,5)21(19)13-10-17-12-9-7-6-8-11(12)13/h6-10,17H,1-5H3. The molecule has 0 spiro atoms. The lowest BCUT2D eigenvalue weighted by atomic mass is 10.1. The van der Waals surface area contributed by atoms with Gasteiger partial charge in [0.15, 0.2) is 0 Å². The van der Waals surface area contributed by atoms with Gasteiger partial charge in [-0.05, 0) is 40.7 Å². The Morgan fingerprint density at radius 3 is 2.38 bits per heavy atom. The molecule has 1 atom stereocenters. The summed E-state index contributed by atoms with van der Waals surface area (Å²) < 4.78 is 17.1. The van der Waals surface area contributed by atoms with E-state index in [1.807, 2.05) is 24.3 Å². The molecule has 0 fully saturated rings. The van der Waals surface area contributed by atoms with E-state index in [-0.39, 0.29) is 0 Å². The molecule has 21 heavy (non-hydrogen) atoms. The fourth-order valence-corrected chi connectivity index (χ4v) is 3.24. The molecule has 2 rings (SSSR count). The molecule has 1 aromatic carbocycles. The Balaban J connectivity index is 2.36. The zero-order valence-electron chi connectivity index (χ0n) is 13.0. The Bertz CT molecular complexity index is 695. The Morgan fingerprint density at radius 2 is 1.76 bits per heavy atom. The molecule has 114 valence electrons. The molecule has 4 nitrogen and oxygen atoms in total. The van der Waals surface area contributed by atoms with E-state index in [2.05, 4.69) is 4.98 Å². The van der Waals surface area contributed by atoms with Crippen LogP contribution in [0.2, 0.25) is 0 Å². The van der Waals surface area contributed by atoms with Crippen LogP contribution in [0.4, 0.5) is 0 Å². The molecule has 0 radical (unpaired) electrons. The molecule has 5 heteroatoms. The van der Waals surface area contributed by atoms with Crippen molar-refractivity contribution >= 4 is 27.7 Å². The number of ether oxygens (including phenoxy) is 1. The molecule has 0 saturated heterocycles. The maximum absolute atomic E-state index is 12.9. The van der Waals surface area contributed by atoms with E-state index in [0.29, 0.717) is 4.90 Å². The third kappa shape index (κ3) is 3.18. The van der Waals surface area contributed by atoms with E-state index in [0.717, 1.165) is 10.9 Å². The molecule has 1 unspecified atom stereocenters. The highest BCUT2D eigenvalue weighted by atomic mass is 32.2. The van der Waals surface area contributed by atoms with Crippen LogP contribution in [0.15, 0.2) is 35.4 Å². The number of rotatable bonds is 3. The summed E-state index contributed by atoms with van der Waals surface area (Å²) in [4.78, 5) is 16.0. The molecule has 2 aromatic rings. The Hall–Kier alpha value is -1.62. The van der Waals surface area contributed by atoms with Crippen molar-refractivity contribution in [3.63, 3.8) is 0 Å². The van der Waals surface area contributed by atoms with Crippen molar-refractivity contribution in [3.8, 4) is 0 Å². The molecule has 1 heterocycles. The van der Waals surface area contributed by atoms with Crippen LogP contribution in [0.1, 0.15) is 34.6 Å². The molecule has 0 aliphatic heterocycles. The molecule has 0 amide bonds. The number of H-pyrrole nitrogens is 1. The normalized spacial score (nSPS) is 14.1. The highest BCUT2D eigenvalue weighted by Crippen LogP contribution is 2.29. The number of carbonyl (C=O) groups excluding carboxylic acids is 1. The number of fused-ring (bicyclic) bond motifs is 1. The van der Waals surface area contributed by atoms with E-state index in [9.17, 15) is 9.00 Å². The summed E-state index contributed by atoms with van der Waals surface area (Å²) >= 11 is 0. The van der Waals surface area contributed by atoms with E-state index in [1.54, 1.807) is 40.8 Å². The van der Waals surface area contributed by atoms with Gasteiger partial charge in [0.1, 0.15) is 10.3 Å². The second-order valence-corrected chi connectivity index (χ2v) is 8.48. The molecule has 1 aromatic heterocycles. The number of benzene rings is 1. The van der Waals surface area contributed by atoms with Gasteiger partial charge in [0.25, 0.3) is 0 Å². The number of para-hydroxylation sites is 1. The van der Waals surface area contributed by atoms with Crippen LogP contribution < -0.4 is 0 Å². The van der Waals surface area contributed by atoms with Crippen molar-refractivity contribution in [1.82, 2.24) is 4.98 Å². The van der Waals surface area contributed by atoms with Gasteiger partial charge in [0.05, 0.1) is 15.7 Å². The van der Waals surface area contributed by atoms with Crippen molar-refractivity contribution in [3.05, 3.63) is 30.5 Å². The van der Waals surface area contributed by atoms with E-state index >= 15 is 0 Å². The third-order valence-corrected chi connectivity index (χ3v) is 4.94. The molecule has 0 bridgehead atoms. The number of nitrogens with one attached hydrogen (secondary N) is 1. The molecular formula is C16H21NO3S. The number of aromatic amines is 1. The smallest absolute Gasteiger partial charge is 0.325 e. The predicted molar refractivity (Wildman–Crippen MR) is 84.6 cm³/mol. The first-order valence-corrected chi connectivity index (χ1v) is 7.99. The summed E-state index contributed by atoms with van der Waals surface area (Å²) in [5.41, 5.74) is 0.305. The van der Waals surface area contributed by atoms with Crippen LogP contribution in [-0.4, -0.2) is 25.5 Å². The van der Waals surface area contributed by atoms with Gasteiger partial charge in [-0.1, -0.05) is 18.2 Å². The minimum atomic E-state index is -1.51. The van der Waals surface area contributed by atoms with Crippen LogP contribution in [0.25, 0.3) is 10.9 Å². The zero-order chi connectivity index (χ0) is 15.8. The summed E-state index contributed by atoms with van der Waals surface area (Å²) in [6.07, 6.45) is 1.70. The summed E-state index contributed by atoms with van der Waals surface area (Å²) in [6.45, 7) is 8.71. The number of hydrogen-bond acceptors (Lipinski definition) is 3. The first kappa shape index (κ1) is 15.8. The van der Waals surface area contributed by atoms with E-state index < -0.39 is 27.1 Å². The number of esters is 1. The van der Waals surface area contributed by atoms with Crippen molar-refractivity contribution in [2.24, 2.45) is 0 Å². The zero-order valence-corrected chi connectivity index (χ0v) is 13.8. The second-order valence-electron chi connectivity index (χ2n) is 6.48. The molecular weight excluding hydrogens is 286 g/mol. The second kappa shape index (κ2) is 5.30. The van der Waals surface area contributed by atoms with Crippen molar-refractivity contribution < 1.29 is 13.7 Å². The number of carbonyl (C=O) groups is 1. The monoisotopic (exact) mass is 307 g/mol. The Kier molecular flexibility index (Phi) is 3.97. The van der Waals surface area contributed by atoms with Crippen LogP contribution in [0, 0.1) is 0 Å². The first-order chi connectivity index (χ1) is 9.63. The lowest BCUT2D eigenvalue weighted by Crippen LogP contribution is -2.42. The predicted octanol–water partition coefficient (Wildman–Crippen LogP) is 3.40. The van der Waals surface area contributed by atoms with Gasteiger partial charge < -0.3 is 9.72 Å². The Morgan fingerprint density at radius 1 is 1.14 bits per heavy atom. The summed E-state index contributed by atoms with van der Waals surface area (Å²) in [5.74, 6) is -0.460. The summed E-state index contributed by atoms with van der Waals surface area (Å²) in [5, 5.41) is 0.868. The van der Waals surface area contributed by atoms with Gasteiger partial charge in [0, 0.05) is 17.1 Å². The highest BCUT2D eigenvalue weighted by Gasteiger charge is 2.40. The summed E-state index contributed by atoms with van der Waals surface area (Å²) in [6, 6.07) is 7.60. The van der Waals surface area contributed by atoms with Gasteiger partial charge in [-0.2, -0.15) is 0 Å². The fourth-order valence-electron chi connectivity index (χ4n) is 1.95. The highest BCUT2D eigenvalue weighted by molar-refractivity contribution is 7.87. The number of hydrogen-bond donors (Lipinski definition) is 1. The van der Waals surface area contributed by atoms with Gasteiger partial charge in [0.2, 0.25) is 0 Å². The number of aromatic nitrogens is 1. The quantitative estimate of drug-likeness (QED) is 0.884. The van der Waals surface area contributed by atoms with Crippen LogP contribution >= 0.6 is 0 Å². The summed E-state index contributed by atoms with van der Waals surface area (Å²) in [7, 11) is -1.51. The SMILES string of the molecule is CC(C)(C)OC(=O)C(C)(C)S(=O)c1c[nH]c2ccccc12. The first-order valence-electron chi connectivity index (χ1n) is 6.84. The third-order valence-electron chi connectivity index (χ3n) is 3.10. The lowest BCUT2D eigenvalue weighted by Gasteiger charge is -2.27. The Labute approximate surface area is 127 Å². The van der Waals surface area contributed by atoms with Crippen molar-refractivity contribution in [2.75, 3.05) is 0 Å². The lowest BCUT2D eigenvalue weighted by molar-refractivity contribution is -0.157. The largest absolute Gasteiger partial charge is 0.459 e. The average molecular weight is 307 g/mol. The van der Waals surface area contributed by atoms with Gasteiger partial charge >= 0.3 is 5.97 Å². The van der Waals surface area contributed by atoms with Crippen molar-refractivity contribution in [1.29, 1.82) is 0 Å². The van der Waals surface area contributed by atoms with Gasteiger partial charge in [-0.25, -0.2) is 0 Å². The van der Waals surface area contributed by atoms with Crippen LogP contribution in [-0.2, 0) is 20.3 Å². The molecule has 0 aliphatic rings. The fraction of sp³-hybridized carbons (Fsp3) is 0.438. The van der Waals surface area contributed by atoms with Gasteiger partial charge in [-0.15, -0.1) is 0 Å². The maximum atomic E-state index is 12.9.